The van der Waals surface area contributed by atoms with Gasteiger partial charge in [0.1, 0.15) is 0 Å². The summed E-state index contributed by atoms with van der Waals surface area (Å²) in [4.78, 5) is 7.18. The Bertz CT molecular complexity index is 416. The maximum Gasteiger partial charge on any atom is 0.205 e. The second-order valence-corrected chi connectivity index (χ2v) is 5.78. The van der Waals surface area contributed by atoms with Crippen molar-refractivity contribution in [2.45, 2.75) is 45.7 Å². The first-order chi connectivity index (χ1) is 9.65. The Morgan fingerprint density at radius 3 is 2.95 bits per heavy atom. The van der Waals surface area contributed by atoms with Crippen LogP contribution in [0.5, 0.6) is 0 Å². The van der Waals surface area contributed by atoms with Crippen LogP contribution in [0.2, 0.25) is 0 Å². The maximum atomic E-state index is 6.04. The zero-order valence-electron chi connectivity index (χ0n) is 13.0. The Morgan fingerprint density at radius 1 is 1.55 bits per heavy atom. The van der Waals surface area contributed by atoms with Gasteiger partial charge in [0.25, 0.3) is 0 Å². The molecule has 1 aromatic heterocycles. The van der Waals surface area contributed by atoms with Crippen LogP contribution in [-0.2, 0) is 17.7 Å². The average molecular weight is 280 g/mol. The first kappa shape index (κ1) is 15.3. The molecule has 1 aromatic rings. The second kappa shape index (κ2) is 7.09. The van der Waals surface area contributed by atoms with Crippen LogP contribution in [0.15, 0.2) is 6.20 Å². The van der Waals surface area contributed by atoms with Crippen LogP contribution in [0.3, 0.4) is 0 Å². The highest BCUT2D eigenvalue weighted by atomic mass is 16.5. The van der Waals surface area contributed by atoms with Gasteiger partial charge in [-0.3, -0.25) is 0 Å². The van der Waals surface area contributed by atoms with Crippen molar-refractivity contribution in [1.29, 1.82) is 0 Å². The predicted octanol–water partition coefficient (Wildman–Crippen LogP) is 1.66. The molecular formula is C15H28N4O. The fourth-order valence-electron chi connectivity index (χ4n) is 2.82. The molecule has 0 aromatic carbocycles. The summed E-state index contributed by atoms with van der Waals surface area (Å²) >= 11 is 0. The lowest BCUT2D eigenvalue weighted by Crippen LogP contribution is -2.30. The first-order valence-corrected chi connectivity index (χ1v) is 7.71. The molecule has 0 saturated carbocycles. The number of ether oxygens (including phenoxy) is 1. The Morgan fingerprint density at radius 2 is 2.35 bits per heavy atom. The van der Waals surface area contributed by atoms with Crippen LogP contribution < -0.4 is 10.6 Å². The second-order valence-electron chi connectivity index (χ2n) is 5.78. The Balaban J connectivity index is 2.07. The van der Waals surface area contributed by atoms with Gasteiger partial charge in [0.05, 0.1) is 5.69 Å². The summed E-state index contributed by atoms with van der Waals surface area (Å²) < 4.78 is 7.43. The van der Waals surface area contributed by atoms with E-state index in [0.29, 0.717) is 5.92 Å². The minimum absolute atomic E-state index is 0.266. The third-order valence-corrected chi connectivity index (χ3v) is 4.17. The lowest BCUT2D eigenvalue weighted by atomic mass is 10.0. The van der Waals surface area contributed by atoms with E-state index >= 15 is 0 Å². The van der Waals surface area contributed by atoms with E-state index in [1.54, 1.807) is 7.11 Å². The van der Waals surface area contributed by atoms with E-state index in [0.717, 1.165) is 45.0 Å². The highest BCUT2D eigenvalue weighted by Gasteiger charge is 2.28. The Kier molecular flexibility index (Phi) is 5.43. The van der Waals surface area contributed by atoms with Gasteiger partial charge < -0.3 is 19.9 Å². The molecule has 1 aliphatic heterocycles. The standard InChI is InChI=1S/C15H28N4O/c1-4-14-11-18(7-5-9-20-3)15(17-14)19-8-6-13(10-19)12(2)16/h11-13H,4-10,16H2,1-3H3. The number of rotatable bonds is 7. The zero-order valence-corrected chi connectivity index (χ0v) is 13.0. The summed E-state index contributed by atoms with van der Waals surface area (Å²) in [5.74, 6) is 1.70. The van der Waals surface area contributed by atoms with E-state index in [1.165, 1.54) is 12.1 Å². The SMILES string of the molecule is CCc1cn(CCCOC)c(N2CCC(C(C)N)C2)n1. The quantitative estimate of drug-likeness (QED) is 0.772. The van der Waals surface area contributed by atoms with Crippen molar-refractivity contribution in [3.05, 3.63) is 11.9 Å². The summed E-state index contributed by atoms with van der Waals surface area (Å²) in [6, 6.07) is 0.266. The van der Waals surface area contributed by atoms with Crippen molar-refractivity contribution >= 4 is 5.95 Å². The van der Waals surface area contributed by atoms with Crippen molar-refractivity contribution in [3.63, 3.8) is 0 Å². The third-order valence-electron chi connectivity index (χ3n) is 4.17. The minimum atomic E-state index is 0.266. The van der Waals surface area contributed by atoms with Crippen LogP contribution in [0.1, 0.15) is 32.4 Å². The molecule has 2 rings (SSSR count). The molecule has 0 bridgehead atoms. The number of anilines is 1. The highest BCUT2D eigenvalue weighted by Crippen LogP contribution is 2.25. The van der Waals surface area contributed by atoms with Gasteiger partial charge in [0, 0.05) is 45.6 Å². The molecule has 2 heterocycles. The van der Waals surface area contributed by atoms with Gasteiger partial charge in [-0.15, -0.1) is 0 Å². The Labute approximate surface area is 122 Å². The van der Waals surface area contributed by atoms with Gasteiger partial charge in [0.15, 0.2) is 0 Å². The number of aromatic nitrogens is 2. The molecule has 5 nitrogen and oxygen atoms in total. The average Bonchev–Trinajstić information content (AvgIpc) is 3.05. The van der Waals surface area contributed by atoms with Crippen molar-refractivity contribution in [2.24, 2.45) is 11.7 Å². The van der Waals surface area contributed by atoms with Crippen LogP contribution >= 0.6 is 0 Å². The van der Waals surface area contributed by atoms with Gasteiger partial charge >= 0.3 is 0 Å². The molecule has 114 valence electrons. The van der Waals surface area contributed by atoms with E-state index in [2.05, 4.69) is 29.5 Å². The van der Waals surface area contributed by atoms with Gasteiger partial charge in [-0.05, 0) is 32.1 Å². The van der Waals surface area contributed by atoms with E-state index in [1.807, 2.05) is 0 Å². The fraction of sp³-hybridized carbons (Fsp3) is 0.800. The van der Waals surface area contributed by atoms with Crippen molar-refractivity contribution in [2.75, 3.05) is 31.7 Å². The summed E-state index contributed by atoms with van der Waals surface area (Å²) in [6.45, 7) is 8.12. The van der Waals surface area contributed by atoms with Crippen molar-refractivity contribution in [3.8, 4) is 0 Å². The molecule has 1 aliphatic rings. The summed E-state index contributed by atoms with van der Waals surface area (Å²) in [7, 11) is 1.75. The maximum absolute atomic E-state index is 6.04. The predicted molar refractivity (Wildman–Crippen MR) is 82.1 cm³/mol. The van der Waals surface area contributed by atoms with Crippen LogP contribution in [-0.4, -0.2) is 42.4 Å². The fourth-order valence-corrected chi connectivity index (χ4v) is 2.82. The minimum Gasteiger partial charge on any atom is -0.385 e. The van der Waals surface area contributed by atoms with Crippen molar-refractivity contribution in [1.82, 2.24) is 9.55 Å². The summed E-state index contributed by atoms with van der Waals surface area (Å²) in [5, 5.41) is 0. The molecule has 0 radical (unpaired) electrons. The summed E-state index contributed by atoms with van der Waals surface area (Å²) in [5.41, 5.74) is 7.20. The van der Waals surface area contributed by atoms with Crippen molar-refractivity contribution < 1.29 is 4.74 Å². The lowest BCUT2D eigenvalue weighted by Gasteiger charge is -2.20. The number of aryl methyl sites for hydroxylation is 2. The monoisotopic (exact) mass is 280 g/mol. The third kappa shape index (κ3) is 3.52. The van der Waals surface area contributed by atoms with E-state index in [-0.39, 0.29) is 6.04 Å². The zero-order chi connectivity index (χ0) is 14.5. The van der Waals surface area contributed by atoms with E-state index < -0.39 is 0 Å². The molecule has 1 fully saturated rings. The number of hydrogen-bond acceptors (Lipinski definition) is 4. The van der Waals surface area contributed by atoms with Gasteiger partial charge in [-0.1, -0.05) is 6.92 Å². The van der Waals surface area contributed by atoms with Gasteiger partial charge in [-0.2, -0.15) is 0 Å². The normalized spacial score (nSPS) is 20.6. The Hall–Kier alpha value is -1.07. The smallest absolute Gasteiger partial charge is 0.205 e. The lowest BCUT2D eigenvalue weighted by molar-refractivity contribution is 0.190. The number of nitrogens with two attached hydrogens (primary N) is 1. The van der Waals surface area contributed by atoms with Crippen LogP contribution in [0.4, 0.5) is 5.95 Å². The van der Waals surface area contributed by atoms with Crippen LogP contribution in [0.25, 0.3) is 0 Å². The topological polar surface area (TPSA) is 56.3 Å². The van der Waals surface area contributed by atoms with E-state index in [4.69, 9.17) is 15.5 Å². The summed E-state index contributed by atoms with van der Waals surface area (Å²) in [6.07, 6.45) is 5.36. The largest absolute Gasteiger partial charge is 0.385 e. The van der Waals surface area contributed by atoms with E-state index in [9.17, 15) is 0 Å². The first-order valence-electron chi connectivity index (χ1n) is 7.71. The van der Waals surface area contributed by atoms with Gasteiger partial charge in [-0.25, -0.2) is 4.98 Å². The molecule has 0 amide bonds. The molecule has 2 unspecified atom stereocenters. The molecule has 2 atom stereocenters. The molecule has 5 heteroatoms. The van der Waals surface area contributed by atoms with Gasteiger partial charge in [0.2, 0.25) is 5.95 Å². The number of nitrogens with zero attached hydrogens (tertiary/aromatic N) is 3. The molecule has 20 heavy (non-hydrogen) atoms. The number of hydrogen-bond donors (Lipinski definition) is 1. The molecule has 0 spiro atoms. The molecule has 0 aliphatic carbocycles. The van der Waals surface area contributed by atoms with Crippen LogP contribution in [0, 0.1) is 5.92 Å². The highest BCUT2D eigenvalue weighted by molar-refractivity contribution is 5.35. The molecular weight excluding hydrogens is 252 g/mol. The molecule has 2 N–H and O–H groups in total. The number of imidazole rings is 1. The number of methoxy groups -OCH3 is 1. The molecule has 1 saturated heterocycles.